The number of thiazole rings is 1. The molecule has 1 saturated heterocycles. The lowest BCUT2D eigenvalue weighted by molar-refractivity contribution is -0.113. The number of carbonyl (C=O) groups excluding carboxylic acids is 1. The molecule has 1 aromatic carbocycles. The summed E-state index contributed by atoms with van der Waals surface area (Å²) in [6.45, 7) is 5.73. The van der Waals surface area contributed by atoms with Gasteiger partial charge in [0.1, 0.15) is 16.3 Å². The predicted molar refractivity (Wildman–Crippen MR) is 119 cm³/mol. The smallest absolute Gasteiger partial charge is 0.274 e. The molecule has 4 rings (SSSR count). The van der Waals surface area contributed by atoms with Crippen LogP contribution in [0, 0.1) is 11.6 Å². The SMILES string of the molecule is C=CCn1c(SCC(=O)Nc2ccc(F)cc2F)nc2nc(N3CCCC3)sc2c1=O. The zero-order valence-corrected chi connectivity index (χ0v) is 18.1. The Morgan fingerprint density at radius 1 is 1.29 bits per heavy atom. The van der Waals surface area contributed by atoms with E-state index in [-0.39, 0.29) is 23.5 Å². The second-order valence-corrected chi connectivity index (χ2v) is 8.82. The number of hydrogen-bond acceptors (Lipinski definition) is 7. The molecule has 1 fully saturated rings. The van der Waals surface area contributed by atoms with Gasteiger partial charge in [0.05, 0.1) is 11.4 Å². The van der Waals surface area contributed by atoms with Crippen LogP contribution in [0.3, 0.4) is 0 Å². The summed E-state index contributed by atoms with van der Waals surface area (Å²) in [5.41, 5.74) is -0.00122. The van der Waals surface area contributed by atoms with Crippen LogP contribution in [0.1, 0.15) is 12.8 Å². The van der Waals surface area contributed by atoms with Crippen LogP contribution in [0.5, 0.6) is 0 Å². The van der Waals surface area contributed by atoms with Gasteiger partial charge in [-0.2, -0.15) is 4.98 Å². The first-order valence-corrected chi connectivity index (χ1v) is 11.4. The van der Waals surface area contributed by atoms with Crippen LogP contribution < -0.4 is 15.8 Å². The molecule has 1 amide bonds. The van der Waals surface area contributed by atoms with Gasteiger partial charge in [0.15, 0.2) is 15.9 Å². The molecule has 1 aliphatic rings. The minimum Gasteiger partial charge on any atom is -0.348 e. The first-order valence-electron chi connectivity index (χ1n) is 9.61. The third kappa shape index (κ3) is 4.62. The van der Waals surface area contributed by atoms with Crippen molar-refractivity contribution in [1.82, 2.24) is 14.5 Å². The Kier molecular flexibility index (Phi) is 6.33. The van der Waals surface area contributed by atoms with Gasteiger partial charge in [-0.3, -0.25) is 14.2 Å². The van der Waals surface area contributed by atoms with E-state index in [0.717, 1.165) is 55.0 Å². The Labute approximate surface area is 184 Å². The Bertz CT molecular complexity index is 1200. The third-order valence-corrected chi connectivity index (χ3v) is 6.77. The highest BCUT2D eigenvalue weighted by Crippen LogP contribution is 2.29. The Hall–Kier alpha value is -2.79. The van der Waals surface area contributed by atoms with Crippen LogP contribution in [0.2, 0.25) is 0 Å². The molecule has 0 spiro atoms. The molecule has 0 aliphatic carbocycles. The highest BCUT2D eigenvalue weighted by molar-refractivity contribution is 7.99. The molecule has 3 heterocycles. The van der Waals surface area contributed by atoms with E-state index in [1.54, 1.807) is 6.08 Å². The number of aromatic nitrogens is 3. The highest BCUT2D eigenvalue weighted by atomic mass is 32.2. The van der Waals surface area contributed by atoms with Crippen LogP contribution in [0.15, 0.2) is 40.8 Å². The van der Waals surface area contributed by atoms with E-state index in [1.807, 2.05) is 0 Å². The van der Waals surface area contributed by atoms with E-state index < -0.39 is 17.5 Å². The fraction of sp³-hybridized carbons (Fsp3) is 0.300. The van der Waals surface area contributed by atoms with Gasteiger partial charge < -0.3 is 10.2 Å². The molecule has 0 unspecified atom stereocenters. The number of halogens is 2. The first kappa shape index (κ1) is 21.4. The Balaban J connectivity index is 1.56. The fourth-order valence-corrected chi connectivity index (χ4v) is 5.03. The molecular weight excluding hydrogens is 444 g/mol. The normalized spacial score (nSPS) is 13.7. The number of amides is 1. The van der Waals surface area contributed by atoms with Crippen molar-refractivity contribution in [3.63, 3.8) is 0 Å². The van der Waals surface area contributed by atoms with Crippen molar-refractivity contribution in [3.8, 4) is 0 Å². The molecule has 7 nitrogen and oxygen atoms in total. The standard InChI is InChI=1S/C20H19F2N5O2S2/c1-2-7-27-18(29)16-17(24-19(31-16)26-8-3-4-9-26)25-20(27)30-11-15(28)23-14-6-5-12(21)10-13(14)22/h2,5-6,10H,1,3-4,7-9,11H2,(H,23,28). The van der Waals surface area contributed by atoms with Crippen molar-refractivity contribution < 1.29 is 13.6 Å². The third-order valence-electron chi connectivity index (χ3n) is 4.70. The maximum absolute atomic E-state index is 13.8. The minimum atomic E-state index is -0.863. The summed E-state index contributed by atoms with van der Waals surface area (Å²) < 4.78 is 28.7. The number of nitrogens with one attached hydrogen (secondary N) is 1. The van der Waals surface area contributed by atoms with Crippen LogP contribution in [-0.4, -0.2) is 39.3 Å². The van der Waals surface area contributed by atoms with Crippen molar-refractivity contribution in [2.75, 3.05) is 29.1 Å². The summed E-state index contributed by atoms with van der Waals surface area (Å²) in [5.74, 6) is -2.22. The molecule has 31 heavy (non-hydrogen) atoms. The number of allylic oxidation sites excluding steroid dienone is 1. The molecule has 11 heteroatoms. The van der Waals surface area contributed by atoms with Crippen molar-refractivity contribution in [1.29, 1.82) is 0 Å². The quantitative estimate of drug-likeness (QED) is 0.327. The van der Waals surface area contributed by atoms with E-state index in [0.29, 0.717) is 21.6 Å². The second-order valence-electron chi connectivity index (χ2n) is 6.90. The van der Waals surface area contributed by atoms with Gasteiger partial charge in [0.25, 0.3) is 5.56 Å². The maximum Gasteiger partial charge on any atom is 0.274 e. The van der Waals surface area contributed by atoms with Crippen molar-refractivity contribution >= 4 is 50.2 Å². The molecule has 1 N–H and O–H groups in total. The number of benzene rings is 1. The molecular formula is C20H19F2N5O2S2. The van der Waals surface area contributed by atoms with Gasteiger partial charge >= 0.3 is 0 Å². The molecule has 3 aromatic rings. The van der Waals surface area contributed by atoms with Gasteiger partial charge in [-0.15, -0.1) is 6.58 Å². The summed E-state index contributed by atoms with van der Waals surface area (Å²) >= 11 is 2.36. The molecule has 0 saturated carbocycles. The number of hydrogen-bond donors (Lipinski definition) is 1. The molecule has 0 radical (unpaired) electrons. The van der Waals surface area contributed by atoms with E-state index in [1.165, 1.54) is 15.9 Å². The number of carbonyl (C=O) groups is 1. The zero-order chi connectivity index (χ0) is 22.0. The number of nitrogens with zero attached hydrogens (tertiary/aromatic N) is 4. The fourth-order valence-electron chi connectivity index (χ4n) is 3.23. The molecule has 1 aliphatic heterocycles. The van der Waals surface area contributed by atoms with Crippen LogP contribution in [0.25, 0.3) is 10.3 Å². The molecule has 2 aromatic heterocycles. The largest absolute Gasteiger partial charge is 0.348 e. The first-order chi connectivity index (χ1) is 15.0. The summed E-state index contributed by atoms with van der Waals surface area (Å²) in [7, 11) is 0. The van der Waals surface area contributed by atoms with Crippen molar-refractivity contribution in [3.05, 3.63) is 52.8 Å². The summed E-state index contributed by atoms with van der Waals surface area (Å²) in [6, 6.07) is 2.91. The van der Waals surface area contributed by atoms with Crippen LogP contribution in [-0.2, 0) is 11.3 Å². The average molecular weight is 464 g/mol. The summed E-state index contributed by atoms with van der Waals surface area (Å²) in [4.78, 5) is 36.4. The Morgan fingerprint density at radius 2 is 2.06 bits per heavy atom. The van der Waals surface area contributed by atoms with Gasteiger partial charge in [-0.1, -0.05) is 29.2 Å². The lowest BCUT2D eigenvalue weighted by atomic mass is 10.3. The predicted octanol–water partition coefficient (Wildman–Crippen LogP) is 3.65. The molecule has 0 bridgehead atoms. The number of anilines is 2. The molecule has 0 atom stereocenters. The number of fused-ring (bicyclic) bond motifs is 1. The Morgan fingerprint density at radius 3 is 2.77 bits per heavy atom. The number of rotatable bonds is 7. The van der Waals surface area contributed by atoms with Gasteiger partial charge in [-0.05, 0) is 25.0 Å². The lowest BCUT2D eigenvalue weighted by Gasteiger charge is -2.11. The van der Waals surface area contributed by atoms with E-state index in [9.17, 15) is 18.4 Å². The average Bonchev–Trinajstić information content (AvgIpc) is 3.41. The van der Waals surface area contributed by atoms with Gasteiger partial charge in [0.2, 0.25) is 5.91 Å². The van der Waals surface area contributed by atoms with E-state index in [2.05, 4.69) is 26.8 Å². The van der Waals surface area contributed by atoms with Gasteiger partial charge in [-0.25, -0.2) is 13.8 Å². The summed E-state index contributed by atoms with van der Waals surface area (Å²) in [6.07, 6.45) is 3.76. The highest BCUT2D eigenvalue weighted by Gasteiger charge is 2.21. The minimum absolute atomic E-state index is 0.116. The summed E-state index contributed by atoms with van der Waals surface area (Å²) in [5, 5.41) is 3.49. The second kappa shape index (κ2) is 9.15. The lowest BCUT2D eigenvalue weighted by Crippen LogP contribution is -2.23. The molecule has 162 valence electrons. The monoisotopic (exact) mass is 463 g/mol. The maximum atomic E-state index is 13.8. The van der Waals surface area contributed by atoms with Crippen molar-refractivity contribution in [2.24, 2.45) is 0 Å². The van der Waals surface area contributed by atoms with Crippen LogP contribution in [0.4, 0.5) is 19.6 Å². The number of thioether (sulfide) groups is 1. The van der Waals surface area contributed by atoms with Crippen molar-refractivity contribution in [2.45, 2.75) is 24.5 Å². The van der Waals surface area contributed by atoms with Gasteiger partial charge in [0, 0.05) is 25.7 Å². The van der Waals surface area contributed by atoms with Crippen LogP contribution >= 0.6 is 23.1 Å². The topological polar surface area (TPSA) is 80.1 Å². The van der Waals surface area contributed by atoms with E-state index in [4.69, 9.17) is 0 Å². The zero-order valence-electron chi connectivity index (χ0n) is 16.4. The van der Waals surface area contributed by atoms with E-state index >= 15 is 0 Å².